The predicted octanol–water partition coefficient (Wildman–Crippen LogP) is -3.75. The monoisotopic (exact) mass is 1610 g/mol. The molecule has 2 aromatic heterocycles. The molecule has 18 N–H and O–H groups in total. The van der Waals surface area contributed by atoms with Gasteiger partial charge in [0.2, 0.25) is 70.9 Å². The Hall–Kier alpha value is -10.6. The number of nitrogens with one attached hydrogen (secondary N) is 11. The second kappa shape index (κ2) is 44.2. The van der Waals surface area contributed by atoms with Crippen LogP contribution in [0.15, 0.2) is 73.3 Å². The van der Waals surface area contributed by atoms with Gasteiger partial charge in [-0.3, -0.25) is 96.4 Å². The van der Waals surface area contributed by atoms with Gasteiger partial charge in [-0.2, -0.15) is 0 Å². The number of primary amides is 2. The van der Waals surface area contributed by atoms with Crippen LogP contribution in [0.2, 0.25) is 0 Å². The molecule has 38 nitrogen and oxygen atoms in total. The van der Waals surface area contributed by atoms with Crippen LogP contribution >= 0.6 is 11.8 Å². The van der Waals surface area contributed by atoms with Gasteiger partial charge in [-0.1, -0.05) is 83.1 Å². The zero-order valence-corrected chi connectivity index (χ0v) is 66.1. The average molecular weight is 1610 g/mol. The van der Waals surface area contributed by atoms with Gasteiger partial charge < -0.3 is 89.5 Å². The molecule has 3 saturated heterocycles. The Morgan fingerprint density at radius 1 is 0.553 bits per heavy atom. The second-order valence-corrected chi connectivity index (χ2v) is 31.5. The molecule has 3 aliphatic heterocycles. The highest BCUT2D eigenvalue weighted by molar-refractivity contribution is 7.99. The number of nitrogens with zero attached hydrogens (tertiary/aromatic N) is 7. The van der Waals surface area contributed by atoms with E-state index in [1.807, 2.05) is 23.6 Å². The summed E-state index contributed by atoms with van der Waals surface area (Å²) in [4.78, 5) is 222. The third-order valence-corrected chi connectivity index (χ3v) is 20.7. The molecule has 2 aromatic carbocycles. The van der Waals surface area contributed by atoms with Crippen molar-refractivity contribution >= 4 is 111 Å². The first-order valence-corrected chi connectivity index (χ1v) is 39.2. The van der Waals surface area contributed by atoms with Crippen LogP contribution in [0.4, 0.5) is 0 Å². The number of aliphatic carboxylic acids is 3. The summed E-state index contributed by atoms with van der Waals surface area (Å²) in [6, 6.07) is 5.11. The normalized spacial score (nSPS) is 17.9. The van der Waals surface area contributed by atoms with Crippen LogP contribution in [0, 0.1) is 11.3 Å². The maximum absolute atomic E-state index is 14.8. The van der Waals surface area contributed by atoms with E-state index in [1.54, 1.807) is 96.3 Å². The fraction of sp³-hybridized carbons (Fsp3) is 0.573. The van der Waals surface area contributed by atoms with E-state index in [-0.39, 0.29) is 147 Å². The number of piperidine rings is 1. The maximum Gasteiger partial charge on any atom is 0.317 e. The summed E-state index contributed by atoms with van der Waals surface area (Å²) in [5, 5.41) is 54.0. The number of rotatable bonds is 39. The van der Waals surface area contributed by atoms with Crippen molar-refractivity contribution in [2.24, 2.45) is 22.8 Å². The molecule has 4 aromatic rings. The highest BCUT2D eigenvalue weighted by atomic mass is 32.2. The van der Waals surface area contributed by atoms with E-state index in [9.17, 15) is 87.2 Å². The quantitative estimate of drug-likeness (QED) is 0.0204. The van der Waals surface area contributed by atoms with E-state index in [1.165, 1.54) is 36.1 Å². The molecular weight excluding hydrogens is 1500 g/mol. The molecule has 12 amide bonds. The minimum atomic E-state index is -1.56. The van der Waals surface area contributed by atoms with Gasteiger partial charge in [0.05, 0.1) is 51.5 Å². The lowest BCUT2D eigenvalue weighted by Crippen LogP contribution is -2.61. The van der Waals surface area contributed by atoms with E-state index >= 15 is 0 Å². The molecular formula is C75H110N20O18S. The average Bonchev–Trinajstić information content (AvgIpc) is 1.62. The van der Waals surface area contributed by atoms with Crippen LogP contribution in [0.25, 0.3) is 10.9 Å². The van der Waals surface area contributed by atoms with Gasteiger partial charge >= 0.3 is 17.9 Å². The van der Waals surface area contributed by atoms with Gasteiger partial charge in [-0.05, 0) is 61.1 Å². The number of carboxylic acids is 3. The number of carbonyl (C=O) groups excluding carboxylic acids is 12. The number of fused-ring (bicyclic) bond motifs is 1. The van der Waals surface area contributed by atoms with Crippen LogP contribution in [-0.4, -0.2) is 319 Å². The van der Waals surface area contributed by atoms with E-state index < -0.39 is 150 Å². The molecule has 114 heavy (non-hydrogen) atoms. The molecule has 3 aliphatic rings. The number of hydrogen-bond donors (Lipinski definition) is 16. The SMILES string of the molecule is CC(C)C[C@H](NC(=O)[C@H](Cc1cnc[nH]1)NC(=O)CNC(=O)[C@@H](NC(=O)[C@H](C)NC(=O)[C@H](Cc1c[nH]c2ccccc12)NC(=O)[C@H](CCC(N)=O)NC(=O)[C@@H](Cc1ccccc1)NC(=O)CN1CCC(NC(=O)CN2CCN(CC(=O)O)CCN(CC(=O)O)CCN(CC(=O)O)CC2)CC1)C(C)(C)C)C(=O)N1CSC[C@H]1C(N)=O. The Morgan fingerprint density at radius 3 is 1.61 bits per heavy atom. The fourth-order valence-corrected chi connectivity index (χ4v) is 14.7. The summed E-state index contributed by atoms with van der Waals surface area (Å²) in [7, 11) is 0. The smallest absolute Gasteiger partial charge is 0.317 e. The van der Waals surface area contributed by atoms with Gasteiger partial charge in [0.1, 0.15) is 48.3 Å². The van der Waals surface area contributed by atoms with Gasteiger partial charge in [-0.15, -0.1) is 11.8 Å². The molecule has 39 heteroatoms. The van der Waals surface area contributed by atoms with Gasteiger partial charge in [0.15, 0.2) is 0 Å². The lowest BCUT2D eigenvalue weighted by atomic mass is 9.86. The molecule has 5 heterocycles. The first kappa shape index (κ1) is 90.6. The van der Waals surface area contributed by atoms with E-state index in [2.05, 4.69) is 62.8 Å². The molecule has 8 atom stereocenters. The number of amides is 12. The molecule has 624 valence electrons. The van der Waals surface area contributed by atoms with Crippen molar-refractivity contribution in [2.45, 2.75) is 147 Å². The Balaban J connectivity index is 0.984. The minimum absolute atomic E-state index is 0.0624. The van der Waals surface area contributed by atoms with Gasteiger partial charge in [0.25, 0.3) is 0 Å². The van der Waals surface area contributed by atoms with Gasteiger partial charge in [0, 0.05) is 132 Å². The van der Waals surface area contributed by atoms with Crippen molar-refractivity contribution in [3.05, 3.63) is 90.1 Å². The number of nitrogens with two attached hydrogens (primary N) is 2. The summed E-state index contributed by atoms with van der Waals surface area (Å²) in [6.07, 6.45) is 4.34. The summed E-state index contributed by atoms with van der Waals surface area (Å²) < 4.78 is 0. The molecule has 0 bridgehead atoms. The number of H-pyrrole nitrogens is 2. The Morgan fingerprint density at radius 2 is 1.06 bits per heavy atom. The van der Waals surface area contributed by atoms with Gasteiger partial charge in [-0.25, -0.2) is 4.98 Å². The molecule has 0 radical (unpaired) electrons. The first-order valence-electron chi connectivity index (χ1n) is 38.0. The van der Waals surface area contributed by atoms with E-state index in [0.29, 0.717) is 53.7 Å². The molecule has 7 rings (SSSR count). The highest BCUT2D eigenvalue weighted by Gasteiger charge is 2.41. The lowest BCUT2D eigenvalue weighted by molar-refractivity contribution is -0.141. The maximum atomic E-state index is 14.8. The van der Waals surface area contributed by atoms with Crippen LogP contribution in [0.1, 0.15) is 90.5 Å². The fourth-order valence-electron chi connectivity index (χ4n) is 13.6. The van der Waals surface area contributed by atoms with Crippen molar-refractivity contribution in [1.29, 1.82) is 0 Å². The van der Waals surface area contributed by atoms with Crippen molar-refractivity contribution in [1.82, 2.24) is 92.2 Å². The molecule has 0 aliphatic carbocycles. The first-order chi connectivity index (χ1) is 54.1. The summed E-state index contributed by atoms with van der Waals surface area (Å²) in [6.45, 7) is 10.5. The van der Waals surface area contributed by atoms with E-state index in [0.717, 1.165) is 0 Å². The molecule has 0 unspecified atom stereocenters. The van der Waals surface area contributed by atoms with Crippen LogP contribution in [0.5, 0.6) is 0 Å². The van der Waals surface area contributed by atoms with Crippen molar-refractivity contribution in [3.8, 4) is 0 Å². The van der Waals surface area contributed by atoms with Crippen molar-refractivity contribution in [2.75, 3.05) is 116 Å². The van der Waals surface area contributed by atoms with Crippen LogP contribution in [-0.2, 0) is 91.2 Å². The summed E-state index contributed by atoms with van der Waals surface area (Å²) in [5.41, 5.74) is 12.5. The summed E-state index contributed by atoms with van der Waals surface area (Å²) >= 11 is 1.34. The number of aromatic nitrogens is 3. The van der Waals surface area contributed by atoms with Crippen molar-refractivity contribution < 1.29 is 87.2 Å². The highest BCUT2D eigenvalue weighted by Crippen LogP contribution is 2.25. The Bertz CT molecular complexity index is 3950. The molecule has 0 spiro atoms. The zero-order valence-electron chi connectivity index (χ0n) is 65.2. The largest absolute Gasteiger partial charge is 0.480 e. The topological polar surface area (TPSA) is 541 Å². The molecule has 3 fully saturated rings. The Kier molecular flexibility index (Phi) is 35.1. The van der Waals surface area contributed by atoms with Crippen LogP contribution in [0.3, 0.4) is 0 Å². The number of carboxylic acid groups (broad SMARTS) is 3. The Labute approximate surface area is 664 Å². The zero-order chi connectivity index (χ0) is 83.3. The molecule has 0 saturated carbocycles. The van der Waals surface area contributed by atoms with Crippen LogP contribution < -0.4 is 59.3 Å². The standard InChI is InChI=1S/C75H110N20O18S/c1-45(2)30-57(74(113)95-44-114-42-58(95)67(77)106)88-72(111)56(33-50-35-78-43-81-50)84-60(97)36-80-73(112)66(75(4,5)6)89-68(107)46(3)82-70(109)55(32-48-34-79-52-15-11-10-14-51(48)52)87-69(108)53(16-17-59(76)96)86-71(110)54(31-47-12-8-7-9-13-47)85-62(99)38-90-20-18-49(19-21-90)83-61(98)37-91-22-24-92(39-63(100)101)26-28-94(41-65(104)105)29-27-93(25-23-91)40-64(102)103/h7-15,34-35,43,45-46,49,53-58,66,79H,16-33,36-42,44H2,1-6H3,(H2,76,96)(H2,77,106)(H,78,81)(H,80,112)(H,82,109)(H,83,98)(H,84,97)(H,85,99)(H,86,110)(H,87,108)(H,88,111)(H,89,107)(H,100,101)(H,102,103)(H,104,105)/t46-,53-,54+,55-,56-,57-,58-,66+/m0/s1. The predicted molar refractivity (Wildman–Crippen MR) is 417 cm³/mol. The third kappa shape index (κ3) is 30.1. The number of likely N-dealkylation sites (tertiary alicyclic amines) is 1. The minimum Gasteiger partial charge on any atom is -0.480 e. The number of aromatic amines is 2. The van der Waals surface area contributed by atoms with E-state index in [4.69, 9.17) is 11.5 Å². The lowest BCUT2D eigenvalue weighted by Gasteiger charge is -2.34. The number of hydrogen-bond acceptors (Lipinski definition) is 22. The number of imidazole rings is 1. The number of benzene rings is 2. The summed E-state index contributed by atoms with van der Waals surface area (Å²) in [5.74, 6) is -11.7. The van der Waals surface area contributed by atoms with Crippen molar-refractivity contribution in [3.63, 3.8) is 0 Å². The number of para-hydroxylation sites is 1. The third-order valence-electron chi connectivity index (χ3n) is 19.7. The number of carbonyl (C=O) groups is 15. The number of thioether (sulfide) groups is 1. The second-order valence-electron chi connectivity index (χ2n) is 30.5.